The van der Waals surface area contributed by atoms with Crippen LogP contribution in [-0.4, -0.2) is 34.5 Å². The highest BCUT2D eigenvalue weighted by Gasteiger charge is 2.24. The lowest BCUT2D eigenvalue weighted by Gasteiger charge is -2.22. The number of benzene rings is 1. The van der Waals surface area contributed by atoms with E-state index in [0.29, 0.717) is 18.2 Å². The Hall–Kier alpha value is -2.37. The molecule has 6 nitrogen and oxygen atoms in total. The molecule has 0 bridgehead atoms. The van der Waals surface area contributed by atoms with Crippen LogP contribution in [-0.2, 0) is 6.54 Å². The molecule has 1 unspecified atom stereocenters. The Kier molecular flexibility index (Phi) is 4.19. The average Bonchev–Trinajstić information content (AvgIpc) is 3.22. The fourth-order valence-electron chi connectivity index (χ4n) is 3.74. The molecule has 1 aliphatic heterocycles. The lowest BCUT2D eigenvalue weighted by atomic mass is 9.89. The fraction of sp³-hybridized carbons (Fsp3) is 0.500. The molecule has 1 saturated carbocycles. The zero-order valence-corrected chi connectivity index (χ0v) is 13.7. The molecule has 2 N–H and O–H groups in total. The van der Waals surface area contributed by atoms with Gasteiger partial charge in [0.15, 0.2) is 0 Å². The number of carbonyl (C=O) groups is 1. The van der Waals surface area contributed by atoms with E-state index in [4.69, 9.17) is 5.10 Å². The van der Waals surface area contributed by atoms with Crippen LogP contribution in [0.15, 0.2) is 29.4 Å². The summed E-state index contributed by atoms with van der Waals surface area (Å²) < 4.78 is 1.93. The van der Waals surface area contributed by atoms with Crippen LogP contribution in [0.1, 0.15) is 42.6 Å². The lowest BCUT2D eigenvalue weighted by molar-refractivity contribution is 0.0937. The highest BCUT2D eigenvalue weighted by molar-refractivity contribution is 6.05. The van der Waals surface area contributed by atoms with Crippen LogP contribution in [0, 0.1) is 5.92 Å². The summed E-state index contributed by atoms with van der Waals surface area (Å²) in [6.45, 7) is 1.47. The predicted molar refractivity (Wildman–Crippen MR) is 94.1 cm³/mol. The topological polar surface area (TPSA) is 71.3 Å². The van der Waals surface area contributed by atoms with Crippen molar-refractivity contribution in [2.75, 3.05) is 6.54 Å². The van der Waals surface area contributed by atoms with E-state index >= 15 is 0 Å². The van der Waals surface area contributed by atoms with E-state index in [1.165, 1.54) is 32.1 Å². The zero-order valence-electron chi connectivity index (χ0n) is 13.7. The molecule has 2 heterocycles. The molecule has 1 fully saturated rings. The van der Waals surface area contributed by atoms with E-state index in [0.717, 1.165) is 17.4 Å². The molecule has 0 radical (unpaired) electrons. The van der Waals surface area contributed by atoms with Crippen LogP contribution in [0.5, 0.6) is 0 Å². The maximum atomic E-state index is 12.9. The van der Waals surface area contributed by atoms with Gasteiger partial charge in [0.1, 0.15) is 5.69 Å². The van der Waals surface area contributed by atoms with Crippen molar-refractivity contribution < 1.29 is 4.79 Å². The van der Waals surface area contributed by atoms with Crippen LogP contribution in [0.2, 0.25) is 0 Å². The van der Waals surface area contributed by atoms with E-state index in [9.17, 15) is 4.79 Å². The van der Waals surface area contributed by atoms with Gasteiger partial charge in [-0.2, -0.15) is 10.2 Å². The summed E-state index contributed by atoms with van der Waals surface area (Å²) >= 11 is 0. The Morgan fingerprint density at radius 3 is 2.88 bits per heavy atom. The van der Waals surface area contributed by atoms with Gasteiger partial charge in [-0.25, -0.2) is 0 Å². The second-order valence-corrected chi connectivity index (χ2v) is 6.77. The fourth-order valence-corrected chi connectivity index (χ4v) is 3.74. The molecule has 2 aliphatic rings. The quantitative estimate of drug-likeness (QED) is 0.906. The minimum absolute atomic E-state index is 0.0608. The van der Waals surface area contributed by atoms with Crippen LogP contribution in [0.3, 0.4) is 0 Å². The van der Waals surface area contributed by atoms with Gasteiger partial charge in [-0.3, -0.25) is 9.48 Å². The van der Waals surface area contributed by atoms with Gasteiger partial charge >= 0.3 is 0 Å². The first-order valence-corrected chi connectivity index (χ1v) is 8.84. The van der Waals surface area contributed by atoms with Crippen molar-refractivity contribution in [3.8, 4) is 0 Å². The molecule has 1 amide bonds. The second-order valence-electron chi connectivity index (χ2n) is 6.77. The van der Waals surface area contributed by atoms with Gasteiger partial charge in [-0.15, -0.1) is 0 Å². The number of nitrogens with zero attached hydrogens (tertiary/aromatic N) is 3. The van der Waals surface area contributed by atoms with Crippen molar-refractivity contribution >= 4 is 23.0 Å². The van der Waals surface area contributed by atoms with Crippen LogP contribution in [0.4, 0.5) is 0 Å². The maximum absolute atomic E-state index is 12.9. The lowest BCUT2D eigenvalue weighted by Crippen LogP contribution is -2.39. The molecular weight excluding hydrogens is 302 g/mol. The van der Waals surface area contributed by atoms with E-state index in [1.807, 2.05) is 28.9 Å². The SMILES string of the molecule is O=C(NC1C=NNC1)c1c2ccccc2nn1CC1CCCCC1. The van der Waals surface area contributed by atoms with Gasteiger partial charge < -0.3 is 10.7 Å². The summed E-state index contributed by atoms with van der Waals surface area (Å²) in [4.78, 5) is 12.9. The molecule has 2 aromatic rings. The standard InChI is InChI=1S/C18H23N5O/c24-18(21-14-10-19-20-11-14)17-15-8-4-5-9-16(15)22-23(17)12-13-6-2-1-3-7-13/h4-5,8-10,13-14,20H,1-3,6-7,11-12H2,(H,21,24). The van der Waals surface area contributed by atoms with Crippen molar-refractivity contribution in [2.24, 2.45) is 11.0 Å². The molecule has 24 heavy (non-hydrogen) atoms. The van der Waals surface area contributed by atoms with Crippen LogP contribution >= 0.6 is 0 Å². The number of fused-ring (bicyclic) bond motifs is 1. The smallest absolute Gasteiger partial charge is 0.270 e. The van der Waals surface area contributed by atoms with Gasteiger partial charge in [0.2, 0.25) is 0 Å². The summed E-state index contributed by atoms with van der Waals surface area (Å²) in [5, 5.41) is 12.6. The first kappa shape index (κ1) is 15.2. The zero-order chi connectivity index (χ0) is 16.4. The number of hydrogen-bond donors (Lipinski definition) is 2. The minimum Gasteiger partial charge on any atom is -0.341 e. The average molecular weight is 325 g/mol. The largest absolute Gasteiger partial charge is 0.341 e. The van der Waals surface area contributed by atoms with Gasteiger partial charge in [0.25, 0.3) is 5.91 Å². The van der Waals surface area contributed by atoms with E-state index in [1.54, 1.807) is 6.21 Å². The normalized spacial score (nSPS) is 21.1. The van der Waals surface area contributed by atoms with E-state index < -0.39 is 0 Å². The maximum Gasteiger partial charge on any atom is 0.270 e. The Morgan fingerprint density at radius 2 is 2.08 bits per heavy atom. The third-order valence-corrected chi connectivity index (χ3v) is 4.99. The van der Waals surface area contributed by atoms with Gasteiger partial charge in [0, 0.05) is 18.1 Å². The monoisotopic (exact) mass is 325 g/mol. The first-order chi connectivity index (χ1) is 11.8. The highest BCUT2D eigenvalue weighted by atomic mass is 16.2. The summed E-state index contributed by atoms with van der Waals surface area (Å²) in [7, 11) is 0. The number of aromatic nitrogens is 2. The molecule has 6 heteroatoms. The number of hydrazone groups is 1. The Bertz CT molecular complexity index is 760. The van der Waals surface area contributed by atoms with E-state index in [-0.39, 0.29) is 11.9 Å². The Labute approximate surface area is 141 Å². The third kappa shape index (κ3) is 3.00. The number of carbonyl (C=O) groups excluding carboxylic acids is 1. The van der Waals surface area contributed by atoms with Crippen molar-refractivity contribution in [3.63, 3.8) is 0 Å². The molecule has 0 saturated heterocycles. The summed E-state index contributed by atoms with van der Waals surface area (Å²) in [6, 6.07) is 7.83. The number of hydrogen-bond acceptors (Lipinski definition) is 4. The molecule has 0 spiro atoms. The van der Waals surface area contributed by atoms with Crippen LogP contribution in [0.25, 0.3) is 10.9 Å². The predicted octanol–water partition coefficient (Wildman–Crippen LogP) is 2.30. The molecule has 4 rings (SSSR count). The van der Waals surface area contributed by atoms with Crippen molar-refractivity contribution in [1.82, 2.24) is 20.5 Å². The summed E-state index contributed by atoms with van der Waals surface area (Å²) in [5.74, 6) is 0.550. The van der Waals surface area contributed by atoms with E-state index in [2.05, 4.69) is 15.8 Å². The second kappa shape index (κ2) is 6.63. The Balaban J connectivity index is 1.64. The molecule has 1 aliphatic carbocycles. The number of rotatable bonds is 4. The van der Waals surface area contributed by atoms with Crippen LogP contribution < -0.4 is 10.7 Å². The molecule has 126 valence electrons. The summed E-state index contributed by atoms with van der Waals surface area (Å²) in [6.07, 6.45) is 8.11. The van der Waals surface area contributed by atoms with Gasteiger partial charge in [-0.1, -0.05) is 37.5 Å². The van der Waals surface area contributed by atoms with Crippen molar-refractivity contribution in [2.45, 2.75) is 44.7 Å². The number of amides is 1. The molecule has 1 aromatic heterocycles. The molecule has 1 atom stereocenters. The molecular formula is C18H23N5O. The Morgan fingerprint density at radius 1 is 1.25 bits per heavy atom. The van der Waals surface area contributed by atoms with Crippen molar-refractivity contribution in [1.29, 1.82) is 0 Å². The van der Waals surface area contributed by atoms with Gasteiger partial charge in [0.05, 0.1) is 18.1 Å². The molecule has 1 aromatic carbocycles. The van der Waals surface area contributed by atoms with Gasteiger partial charge in [-0.05, 0) is 24.8 Å². The van der Waals surface area contributed by atoms with Crippen molar-refractivity contribution in [3.05, 3.63) is 30.0 Å². The first-order valence-electron chi connectivity index (χ1n) is 8.84. The highest BCUT2D eigenvalue weighted by Crippen LogP contribution is 2.27. The summed E-state index contributed by atoms with van der Waals surface area (Å²) in [5.41, 5.74) is 4.44. The number of nitrogens with one attached hydrogen (secondary N) is 2. The minimum atomic E-state index is -0.0698. The third-order valence-electron chi connectivity index (χ3n) is 4.99.